The fraction of sp³-hybridized carbons (Fsp3) is 0.467. The van der Waals surface area contributed by atoms with Crippen molar-refractivity contribution in [3.8, 4) is 0 Å². The number of rotatable bonds is 2. The lowest BCUT2D eigenvalue weighted by Crippen LogP contribution is -2.48. The molecule has 1 unspecified atom stereocenters. The van der Waals surface area contributed by atoms with Gasteiger partial charge in [-0.05, 0) is 49.9 Å². The second-order valence-corrected chi connectivity index (χ2v) is 5.04. The normalized spacial score (nSPS) is 19.4. The van der Waals surface area contributed by atoms with Crippen LogP contribution in [0.5, 0.6) is 0 Å². The Morgan fingerprint density at radius 1 is 1.26 bits per heavy atom. The SMILES string of the molecule is COC(=O)C1CCCC(=O)N1c1cc(C)cc(C)c1. The van der Waals surface area contributed by atoms with Crippen LogP contribution in [0.3, 0.4) is 0 Å². The van der Waals surface area contributed by atoms with Crippen LogP contribution in [0.4, 0.5) is 5.69 Å². The van der Waals surface area contributed by atoms with Gasteiger partial charge in [0, 0.05) is 12.1 Å². The number of ether oxygens (including phenoxy) is 1. The van der Waals surface area contributed by atoms with Crippen LogP contribution in [0.25, 0.3) is 0 Å². The highest BCUT2D eigenvalue weighted by atomic mass is 16.5. The molecule has 0 bridgehead atoms. The van der Waals surface area contributed by atoms with Gasteiger partial charge in [-0.25, -0.2) is 4.79 Å². The number of amides is 1. The summed E-state index contributed by atoms with van der Waals surface area (Å²) in [5.41, 5.74) is 2.95. The number of carbonyl (C=O) groups is 2. The average molecular weight is 261 g/mol. The Morgan fingerprint density at radius 2 is 1.89 bits per heavy atom. The molecule has 1 atom stereocenters. The van der Waals surface area contributed by atoms with E-state index in [9.17, 15) is 9.59 Å². The van der Waals surface area contributed by atoms with Gasteiger partial charge in [0.1, 0.15) is 6.04 Å². The van der Waals surface area contributed by atoms with E-state index in [2.05, 4.69) is 0 Å². The van der Waals surface area contributed by atoms with E-state index in [4.69, 9.17) is 4.74 Å². The van der Waals surface area contributed by atoms with Crippen molar-refractivity contribution in [2.24, 2.45) is 0 Å². The number of hydrogen-bond acceptors (Lipinski definition) is 3. The van der Waals surface area contributed by atoms with Gasteiger partial charge in [-0.15, -0.1) is 0 Å². The summed E-state index contributed by atoms with van der Waals surface area (Å²) in [6, 6.07) is 5.43. The van der Waals surface area contributed by atoms with Gasteiger partial charge in [0.2, 0.25) is 5.91 Å². The van der Waals surface area contributed by atoms with Crippen molar-refractivity contribution >= 4 is 17.6 Å². The Morgan fingerprint density at radius 3 is 2.47 bits per heavy atom. The zero-order chi connectivity index (χ0) is 14.0. The van der Waals surface area contributed by atoms with Gasteiger partial charge in [-0.1, -0.05) is 6.07 Å². The summed E-state index contributed by atoms with van der Waals surface area (Å²) < 4.78 is 4.82. The number of benzene rings is 1. The first kappa shape index (κ1) is 13.6. The lowest BCUT2D eigenvalue weighted by atomic mass is 9.99. The molecule has 1 aromatic carbocycles. The van der Waals surface area contributed by atoms with Gasteiger partial charge < -0.3 is 4.74 Å². The summed E-state index contributed by atoms with van der Waals surface area (Å²) in [6.07, 6.45) is 1.88. The maximum atomic E-state index is 12.2. The molecule has 0 spiro atoms. The Labute approximate surface area is 113 Å². The van der Waals surface area contributed by atoms with Crippen LogP contribution < -0.4 is 4.90 Å². The van der Waals surface area contributed by atoms with E-state index in [1.807, 2.05) is 32.0 Å². The number of nitrogens with zero attached hydrogens (tertiary/aromatic N) is 1. The zero-order valence-electron chi connectivity index (χ0n) is 11.6. The smallest absolute Gasteiger partial charge is 0.328 e. The molecule has 1 aromatic rings. The predicted octanol–water partition coefficient (Wildman–Crippen LogP) is 2.36. The molecule has 1 aliphatic heterocycles. The molecule has 102 valence electrons. The number of piperidine rings is 1. The van der Waals surface area contributed by atoms with Crippen LogP contribution >= 0.6 is 0 Å². The van der Waals surface area contributed by atoms with Crippen LogP contribution in [0.1, 0.15) is 30.4 Å². The standard InChI is InChI=1S/C15H19NO3/c1-10-7-11(2)9-12(8-10)16-13(15(18)19-3)5-4-6-14(16)17/h7-9,13H,4-6H2,1-3H3. The van der Waals surface area contributed by atoms with Crippen molar-refractivity contribution in [2.75, 3.05) is 12.0 Å². The third kappa shape index (κ3) is 2.78. The largest absolute Gasteiger partial charge is 0.467 e. The van der Waals surface area contributed by atoms with Crippen molar-refractivity contribution in [1.29, 1.82) is 0 Å². The number of methoxy groups -OCH3 is 1. The highest BCUT2D eigenvalue weighted by molar-refractivity contribution is 6.00. The van der Waals surface area contributed by atoms with E-state index >= 15 is 0 Å². The van der Waals surface area contributed by atoms with Gasteiger partial charge in [0.05, 0.1) is 7.11 Å². The van der Waals surface area contributed by atoms with Crippen molar-refractivity contribution in [3.05, 3.63) is 29.3 Å². The van der Waals surface area contributed by atoms with Gasteiger partial charge in [0.15, 0.2) is 0 Å². The number of anilines is 1. The molecule has 0 aromatic heterocycles. The molecule has 1 aliphatic rings. The van der Waals surface area contributed by atoms with Crippen molar-refractivity contribution in [1.82, 2.24) is 0 Å². The summed E-state index contributed by atoms with van der Waals surface area (Å²) in [4.78, 5) is 25.6. The molecule has 0 radical (unpaired) electrons. The Bertz CT molecular complexity index is 490. The van der Waals surface area contributed by atoms with Crippen LogP contribution in [-0.4, -0.2) is 25.0 Å². The lowest BCUT2D eigenvalue weighted by molar-refractivity contribution is -0.144. The van der Waals surface area contributed by atoms with Crippen LogP contribution in [0.2, 0.25) is 0 Å². The average Bonchev–Trinajstić information content (AvgIpc) is 2.36. The molecule has 2 rings (SSSR count). The fourth-order valence-electron chi connectivity index (χ4n) is 2.64. The van der Waals surface area contributed by atoms with Crippen molar-refractivity contribution < 1.29 is 14.3 Å². The van der Waals surface area contributed by atoms with Crippen molar-refractivity contribution in [3.63, 3.8) is 0 Å². The quantitative estimate of drug-likeness (QED) is 0.768. The molecule has 4 nitrogen and oxygen atoms in total. The van der Waals surface area contributed by atoms with Crippen LogP contribution in [-0.2, 0) is 14.3 Å². The van der Waals surface area contributed by atoms with Gasteiger partial charge >= 0.3 is 5.97 Å². The van der Waals surface area contributed by atoms with E-state index in [0.717, 1.165) is 23.2 Å². The molecule has 0 aliphatic carbocycles. The lowest BCUT2D eigenvalue weighted by Gasteiger charge is -2.34. The Hall–Kier alpha value is -1.84. The Balaban J connectivity index is 2.41. The number of carbonyl (C=O) groups excluding carboxylic acids is 2. The maximum Gasteiger partial charge on any atom is 0.328 e. The van der Waals surface area contributed by atoms with E-state index < -0.39 is 6.04 Å². The first-order valence-corrected chi connectivity index (χ1v) is 6.51. The summed E-state index contributed by atoms with van der Waals surface area (Å²) in [5, 5.41) is 0. The fourth-order valence-corrected chi connectivity index (χ4v) is 2.64. The molecule has 19 heavy (non-hydrogen) atoms. The second-order valence-electron chi connectivity index (χ2n) is 5.04. The third-order valence-electron chi connectivity index (χ3n) is 3.41. The topological polar surface area (TPSA) is 46.6 Å². The minimum Gasteiger partial charge on any atom is -0.467 e. The number of esters is 1. The van der Waals surface area contributed by atoms with Crippen LogP contribution in [0, 0.1) is 13.8 Å². The summed E-state index contributed by atoms with van der Waals surface area (Å²) in [6.45, 7) is 3.97. The van der Waals surface area contributed by atoms with E-state index in [0.29, 0.717) is 12.8 Å². The van der Waals surface area contributed by atoms with E-state index in [1.165, 1.54) is 7.11 Å². The first-order chi connectivity index (χ1) is 9.02. The molecular weight excluding hydrogens is 242 g/mol. The highest BCUT2D eigenvalue weighted by Crippen LogP contribution is 2.28. The summed E-state index contributed by atoms with van der Waals surface area (Å²) in [7, 11) is 1.36. The molecule has 0 N–H and O–H groups in total. The number of hydrogen-bond donors (Lipinski definition) is 0. The monoisotopic (exact) mass is 261 g/mol. The van der Waals surface area contributed by atoms with Gasteiger partial charge in [-0.2, -0.15) is 0 Å². The van der Waals surface area contributed by atoms with Gasteiger partial charge in [-0.3, -0.25) is 9.69 Å². The van der Waals surface area contributed by atoms with Crippen LogP contribution in [0.15, 0.2) is 18.2 Å². The molecule has 1 saturated heterocycles. The molecule has 1 heterocycles. The minimum atomic E-state index is -0.493. The van der Waals surface area contributed by atoms with E-state index in [-0.39, 0.29) is 11.9 Å². The molecule has 1 amide bonds. The molecule has 0 saturated carbocycles. The minimum absolute atomic E-state index is 0.00773. The highest BCUT2D eigenvalue weighted by Gasteiger charge is 2.35. The number of aryl methyl sites for hydroxylation is 2. The summed E-state index contributed by atoms with van der Waals surface area (Å²) in [5.74, 6) is -0.348. The molecular formula is C15H19NO3. The predicted molar refractivity (Wildman–Crippen MR) is 73.1 cm³/mol. The third-order valence-corrected chi connectivity index (χ3v) is 3.41. The maximum absolute atomic E-state index is 12.2. The van der Waals surface area contributed by atoms with Crippen molar-refractivity contribution in [2.45, 2.75) is 39.2 Å². The molecule has 1 fully saturated rings. The second kappa shape index (κ2) is 5.43. The molecule has 4 heteroatoms. The first-order valence-electron chi connectivity index (χ1n) is 6.51. The summed E-state index contributed by atoms with van der Waals surface area (Å²) >= 11 is 0. The zero-order valence-corrected chi connectivity index (χ0v) is 11.6. The Kier molecular flexibility index (Phi) is 3.88. The van der Waals surface area contributed by atoms with Gasteiger partial charge in [0.25, 0.3) is 0 Å². The van der Waals surface area contributed by atoms with E-state index in [1.54, 1.807) is 4.90 Å².